The maximum absolute atomic E-state index is 12.9. The van der Waals surface area contributed by atoms with Gasteiger partial charge in [0.25, 0.3) is 0 Å². The molecule has 5 nitrogen and oxygen atoms in total. The second-order valence-corrected chi connectivity index (χ2v) is 8.89. The van der Waals surface area contributed by atoms with Crippen LogP contribution < -0.4 is 4.90 Å². The molecule has 1 aliphatic rings. The molecule has 0 aromatic heterocycles. The second-order valence-electron chi connectivity index (χ2n) is 8.03. The molecule has 1 fully saturated rings. The predicted octanol–water partition coefficient (Wildman–Crippen LogP) is 6.57. The molecule has 0 N–H and O–H groups in total. The maximum atomic E-state index is 12.9. The van der Waals surface area contributed by atoms with Crippen LogP contribution in [-0.4, -0.2) is 24.6 Å². The van der Waals surface area contributed by atoms with Gasteiger partial charge in [0, 0.05) is 11.1 Å². The number of anilines is 2. The first kappa shape index (κ1) is 21.8. The van der Waals surface area contributed by atoms with E-state index < -0.39 is 11.7 Å². The third kappa shape index (κ3) is 6.29. The van der Waals surface area contributed by atoms with E-state index in [4.69, 9.17) is 14.2 Å². The summed E-state index contributed by atoms with van der Waals surface area (Å²) in [5.74, 6) is 0. The number of amides is 1. The Bertz CT molecular complexity index is 813. The van der Waals surface area contributed by atoms with E-state index in [9.17, 15) is 4.79 Å². The van der Waals surface area contributed by atoms with Gasteiger partial charge >= 0.3 is 6.09 Å². The Balaban J connectivity index is 1.80. The topological polar surface area (TPSA) is 48.0 Å². The Hall–Kier alpha value is -1.89. The van der Waals surface area contributed by atoms with Crippen molar-refractivity contribution in [3.8, 4) is 0 Å². The summed E-state index contributed by atoms with van der Waals surface area (Å²) in [5.41, 5.74) is 1.87. The van der Waals surface area contributed by atoms with Crippen LogP contribution in [0.5, 0.6) is 0 Å². The smallest absolute Gasteiger partial charge is 0.419 e. The lowest BCUT2D eigenvalue weighted by Crippen LogP contribution is -2.33. The summed E-state index contributed by atoms with van der Waals surface area (Å²) in [6.07, 6.45) is 2.59. The van der Waals surface area contributed by atoms with Gasteiger partial charge in [0.15, 0.2) is 6.29 Å². The van der Waals surface area contributed by atoms with Crippen molar-refractivity contribution in [3.05, 3.63) is 58.6 Å². The van der Waals surface area contributed by atoms with Crippen molar-refractivity contribution in [1.82, 2.24) is 0 Å². The highest BCUT2D eigenvalue weighted by Crippen LogP contribution is 2.32. The van der Waals surface area contributed by atoms with Crippen molar-refractivity contribution >= 4 is 33.4 Å². The van der Waals surface area contributed by atoms with Crippen molar-refractivity contribution in [2.75, 3.05) is 11.5 Å². The van der Waals surface area contributed by atoms with Crippen molar-refractivity contribution in [1.29, 1.82) is 0 Å². The minimum atomic E-state index is -0.588. The number of hydrogen-bond donors (Lipinski definition) is 0. The summed E-state index contributed by atoms with van der Waals surface area (Å²) in [6, 6.07) is 15.3. The van der Waals surface area contributed by atoms with Gasteiger partial charge in [-0.15, -0.1) is 0 Å². The largest absolute Gasteiger partial charge is 0.443 e. The summed E-state index contributed by atoms with van der Waals surface area (Å²) >= 11 is 3.62. The average molecular weight is 462 g/mol. The molecule has 1 atom stereocenters. The van der Waals surface area contributed by atoms with Gasteiger partial charge in [0.05, 0.1) is 18.0 Å². The van der Waals surface area contributed by atoms with Gasteiger partial charge in [0.2, 0.25) is 0 Å². The number of nitrogens with zero attached hydrogens (tertiary/aromatic N) is 1. The van der Waals surface area contributed by atoms with Crippen molar-refractivity contribution in [3.63, 3.8) is 0 Å². The average Bonchev–Trinajstić information content (AvgIpc) is 2.68. The first-order valence-corrected chi connectivity index (χ1v) is 10.7. The first-order chi connectivity index (χ1) is 13.8. The number of carbonyl (C=O) groups excluding carboxylic acids is 1. The van der Waals surface area contributed by atoms with Crippen LogP contribution >= 0.6 is 15.9 Å². The van der Waals surface area contributed by atoms with E-state index in [-0.39, 0.29) is 6.29 Å². The fourth-order valence-corrected chi connectivity index (χ4v) is 3.54. The van der Waals surface area contributed by atoms with E-state index in [1.54, 1.807) is 4.90 Å². The van der Waals surface area contributed by atoms with E-state index in [1.807, 2.05) is 69.3 Å². The molecule has 1 heterocycles. The van der Waals surface area contributed by atoms with Gasteiger partial charge in [-0.25, -0.2) is 9.69 Å². The SMILES string of the molecule is CC(C)(C)OC(=O)N(c1ccccc1)c1ccc(COC2CCCCO2)c(Br)c1. The summed E-state index contributed by atoms with van der Waals surface area (Å²) in [7, 11) is 0. The first-order valence-electron chi connectivity index (χ1n) is 9.93. The van der Waals surface area contributed by atoms with Crippen LogP contribution in [0.1, 0.15) is 45.6 Å². The molecule has 1 saturated heterocycles. The number of halogens is 1. The van der Waals surface area contributed by atoms with E-state index in [0.717, 1.165) is 47.3 Å². The second kappa shape index (κ2) is 9.74. The molecule has 6 heteroatoms. The zero-order valence-electron chi connectivity index (χ0n) is 17.2. The molecule has 156 valence electrons. The lowest BCUT2D eigenvalue weighted by atomic mass is 10.1. The van der Waals surface area contributed by atoms with Crippen LogP contribution in [0.3, 0.4) is 0 Å². The highest BCUT2D eigenvalue weighted by Gasteiger charge is 2.25. The van der Waals surface area contributed by atoms with E-state index in [2.05, 4.69) is 15.9 Å². The van der Waals surface area contributed by atoms with Crippen molar-refractivity contribution < 1.29 is 19.0 Å². The fourth-order valence-electron chi connectivity index (χ4n) is 3.06. The highest BCUT2D eigenvalue weighted by atomic mass is 79.9. The summed E-state index contributed by atoms with van der Waals surface area (Å²) in [6.45, 7) is 6.78. The van der Waals surface area contributed by atoms with Crippen molar-refractivity contribution in [2.45, 2.75) is 58.5 Å². The van der Waals surface area contributed by atoms with Gasteiger partial charge in [-0.05, 0) is 69.9 Å². The number of hydrogen-bond acceptors (Lipinski definition) is 4. The van der Waals surface area contributed by atoms with E-state index in [0.29, 0.717) is 6.61 Å². The molecule has 0 spiro atoms. The minimum absolute atomic E-state index is 0.141. The normalized spacial score (nSPS) is 17.0. The summed E-state index contributed by atoms with van der Waals surface area (Å²) < 4.78 is 18.0. The summed E-state index contributed by atoms with van der Waals surface area (Å²) in [5, 5.41) is 0. The van der Waals surface area contributed by atoms with Gasteiger partial charge in [-0.3, -0.25) is 0 Å². The van der Waals surface area contributed by atoms with Gasteiger partial charge in [-0.2, -0.15) is 0 Å². The molecular formula is C23H28BrNO4. The third-order valence-electron chi connectivity index (χ3n) is 4.45. The minimum Gasteiger partial charge on any atom is -0.443 e. The molecule has 2 aromatic rings. The Kier molecular flexibility index (Phi) is 7.33. The molecule has 3 rings (SSSR count). The van der Waals surface area contributed by atoms with Crippen LogP contribution in [0, 0.1) is 0 Å². The molecular weight excluding hydrogens is 434 g/mol. The van der Waals surface area contributed by atoms with Crippen LogP contribution in [-0.2, 0) is 20.8 Å². The Morgan fingerprint density at radius 2 is 1.90 bits per heavy atom. The molecule has 1 unspecified atom stereocenters. The quantitative estimate of drug-likeness (QED) is 0.505. The van der Waals surface area contributed by atoms with Crippen LogP contribution in [0.4, 0.5) is 16.2 Å². The molecule has 0 aliphatic carbocycles. The maximum Gasteiger partial charge on any atom is 0.419 e. The summed E-state index contributed by atoms with van der Waals surface area (Å²) in [4.78, 5) is 14.5. The van der Waals surface area contributed by atoms with Crippen LogP contribution in [0.25, 0.3) is 0 Å². The fraction of sp³-hybridized carbons (Fsp3) is 0.435. The Labute approximate surface area is 181 Å². The standard InChI is InChI=1S/C23H28BrNO4/c1-23(2,3)29-22(26)25(18-9-5-4-6-10-18)19-13-12-17(20(24)15-19)16-28-21-11-7-8-14-27-21/h4-6,9-10,12-13,15,21H,7-8,11,14,16H2,1-3H3. The predicted molar refractivity (Wildman–Crippen MR) is 117 cm³/mol. The number of rotatable bonds is 5. The van der Waals surface area contributed by atoms with Gasteiger partial charge < -0.3 is 14.2 Å². The van der Waals surface area contributed by atoms with Crippen LogP contribution in [0.15, 0.2) is 53.0 Å². The highest BCUT2D eigenvalue weighted by molar-refractivity contribution is 9.10. The van der Waals surface area contributed by atoms with E-state index in [1.165, 1.54) is 0 Å². The molecule has 2 aromatic carbocycles. The van der Waals surface area contributed by atoms with E-state index >= 15 is 0 Å². The van der Waals surface area contributed by atoms with Crippen molar-refractivity contribution in [2.24, 2.45) is 0 Å². The molecule has 1 amide bonds. The zero-order valence-corrected chi connectivity index (χ0v) is 18.8. The number of ether oxygens (including phenoxy) is 3. The Morgan fingerprint density at radius 3 is 2.52 bits per heavy atom. The molecule has 1 aliphatic heterocycles. The number of para-hydroxylation sites is 1. The molecule has 0 bridgehead atoms. The lowest BCUT2D eigenvalue weighted by Gasteiger charge is -2.28. The zero-order chi connectivity index (χ0) is 20.9. The Morgan fingerprint density at radius 1 is 1.14 bits per heavy atom. The third-order valence-corrected chi connectivity index (χ3v) is 5.19. The van der Waals surface area contributed by atoms with Gasteiger partial charge in [-0.1, -0.05) is 40.2 Å². The van der Waals surface area contributed by atoms with Crippen LogP contribution in [0.2, 0.25) is 0 Å². The molecule has 29 heavy (non-hydrogen) atoms. The monoisotopic (exact) mass is 461 g/mol. The number of carbonyl (C=O) groups is 1. The molecule has 0 radical (unpaired) electrons. The van der Waals surface area contributed by atoms with Gasteiger partial charge in [0.1, 0.15) is 5.60 Å². The number of benzene rings is 2. The lowest BCUT2D eigenvalue weighted by molar-refractivity contribution is -0.169. The molecule has 0 saturated carbocycles.